The number of rotatable bonds is 3. The predicted octanol–water partition coefficient (Wildman–Crippen LogP) is 0.513. The molecule has 0 aromatic carbocycles. The van der Waals surface area contributed by atoms with Crippen molar-refractivity contribution < 1.29 is 8.42 Å². The van der Waals surface area contributed by atoms with Gasteiger partial charge in [0.15, 0.2) is 5.03 Å². The molecule has 6 nitrogen and oxygen atoms in total. The van der Waals surface area contributed by atoms with Crippen LogP contribution < -0.4 is 5.73 Å². The van der Waals surface area contributed by atoms with Gasteiger partial charge in [-0.2, -0.15) is 9.40 Å². The van der Waals surface area contributed by atoms with E-state index in [1.165, 1.54) is 22.2 Å². The van der Waals surface area contributed by atoms with Crippen molar-refractivity contribution in [2.24, 2.45) is 12.8 Å². The largest absolute Gasteiger partial charge is 0.392 e. The number of nitrogens with zero attached hydrogens (tertiary/aromatic N) is 3. The summed E-state index contributed by atoms with van der Waals surface area (Å²) in [5.74, 6) is 0. The molecule has 2 N–H and O–H groups in total. The van der Waals surface area contributed by atoms with Crippen molar-refractivity contribution in [3.05, 3.63) is 11.2 Å². The van der Waals surface area contributed by atoms with Crippen LogP contribution >= 0.6 is 23.8 Å². The first kappa shape index (κ1) is 13.7. The van der Waals surface area contributed by atoms with Gasteiger partial charge in [-0.1, -0.05) is 23.8 Å². The van der Waals surface area contributed by atoms with Crippen LogP contribution in [0.2, 0.25) is 5.02 Å². The number of hydrogen-bond acceptors (Lipinski definition) is 4. The quantitative estimate of drug-likeness (QED) is 0.823. The van der Waals surface area contributed by atoms with Crippen LogP contribution in [0.3, 0.4) is 0 Å². The standard InChI is InChI=1S/C9H13ClN4O2S2/c1-13-9(6(10)5-12-13)18(15,16)14-4-2-3-7(14)8(11)17/h5,7H,2-4H2,1H3,(H2,11,17). The van der Waals surface area contributed by atoms with E-state index in [4.69, 9.17) is 29.6 Å². The first-order chi connectivity index (χ1) is 8.35. The lowest BCUT2D eigenvalue weighted by molar-refractivity contribution is 0.438. The second-order valence-electron chi connectivity index (χ2n) is 4.10. The third-order valence-corrected chi connectivity index (χ3v) is 5.62. The number of aryl methyl sites for hydroxylation is 1. The Hall–Kier alpha value is -0.700. The van der Waals surface area contributed by atoms with E-state index in [1.807, 2.05) is 0 Å². The first-order valence-corrected chi connectivity index (χ1v) is 7.57. The van der Waals surface area contributed by atoms with Gasteiger partial charge in [-0.3, -0.25) is 4.68 Å². The van der Waals surface area contributed by atoms with E-state index in [1.54, 1.807) is 0 Å². The van der Waals surface area contributed by atoms with E-state index in [0.29, 0.717) is 13.0 Å². The average Bonchev–Trinajstić information content (AvgIpc) is 2.85. The molecule has 1 saturated heterocycles. The lowest BCUT2D eigenvalue weighted by Gasteiger charge is -2.23. The molecule has 0 aliphatic carbocycles. The van der Waals surface area contributed by atoms with Crippen LogP contribution in [0.4, 0.5) is 0 Å². The Balaban J connectivity index is 2.46. The number of halogens is 1. The van der Waals surface area contributed by atoms with E-state index < -0.39 is 16.1 Å². The minimum Gasteiger partial charge on any atom is -0.392 e. The van der Waals surface area contributed by atoms with E-state index in [-0.39, 0.29) is 15.0 Å². The van der Waals surface area contributed by atoms with E-state index in [2.05, 4.69) is 5.10 Å². The van der Waals surface area contributed by atoms with Crippen LogP contribution in [0.1, 0.15) is 12.8 Å². The third kappa shape index (κ3) is 2.13. The third-order valence-electron chi connectivity index (χ3n) is 2.93. The van der Waals surface area contributed by atoms with Gasteiger partial charge in [0.1, 0.15) is 0 Å². The molecule has 1 aromatic rings. The summed E-state index contributed by atoms with van der Waals surface area (Å²) in [6.45, 7) is 0.395. The Bertz CT molecular complexity index is 564. The van der Waals surface area contributed by atoms with E-state index in [0.717, 1.165) is 6.42 Å². The number of aromatic nitrogens is 2. The maximum absolute atomic E-state index is 12.5. The lowest BCUT2D eigenvalue weighted by Crippen LogP contribution is -2.43. The summed E-state index contributed by atoms with van der Waals surface area (Å²) in [5, 5.41) is 3.92. The zero-order valence-corrected chi connectivity index (χ0v) is 12.1. The maximum atomic E-state index is 12.5. The average molecular weight is 309 g/mol. The van der Waals surface area contributed by atoms with Gasteiger partial charge in [-0.05, 0) is 12.8 Å². The Morgan fingerprint density at radius 1 is 1.67 bits per heavy atom. The van der Waals surface area contributed by atoms with Crippen LogP contribution in [-0.2, 0) is 17.1 Å². The van der Waals surface area contributed by atoms with Crippen LogP contribution in [0, 0.1) is 0 Å². The fraction of sp³-hybridized carbons (Fsp3) is 0.556. The summed E-state index contributed by atoms with van der Waals surface area (Å²) >= 11 is 10.8. The van der Waals surface area contributed by atoms with Crippen molar-refractivity contribution in [1.82, 2.24) is 14.1 Å². The topological polar surface area (TPSA) is 81.2 Å². The molecular weight excluding hydrogens is 296 g/mol. The van der Waals surface area contributed by atoms with E-state index >= 15 is 0 Å². The van der Waals surface area contributed by atoms with Crippen molar-refractivity contribution in [1.29, 1.82) is 0 Å². The molecule has 0 amide bonds. The van der Waals surface area contributed by atoms with Crippen molar-refractivity contribution >= 4 is 38.8 Å². The highest BCUT2D eigenvalue weighted by Crippen LogP contribution is 2.29. The Morgan fingerprint density at radius 3 is 2.83 bits per heavy atom. The molecule has 1 aliphatic rings. The number of thiocarbonyl (C=S) groups is 1. The van der Waals surface area contributed by atoms with Crippen molar-refractivity contribution in [3.8, 4) is 0 Å². The Labute approximate surface area is 116 Å². The molecule has 100 valence electrons. The van der Waals surface area contributed by atoms with E-state index in [9.17, 15) is 8.42 Å². The zero-order valence-electron chi connectivity index (χ0n) is 9.71. The van der Waals surface area contributed by atoms with Crippen LogP contribution in [0.5, 0.6) is 0 Å². The Morgan fingerprint density at radius 2 is 2.33 bits per heavy atom. The van der Waals surface area contributed by atoms with Crippen molar-refractivity contribution in [3.63, 3.8) is 0 Å². The molecule has 9 heteroatoms. The van der Waals surface area contributed by atoms with Gasteiger partial charge >= 0.3 is 0 Å². The molecule has 1 fully saturated rings. The van der Waals surface area contributed by atoms with Gasteiger partial charge in [0.05, 0.1) is 22.2 Å². The van der Waals surface area contributed by atoms with Gasteiger partial charge in [0, 0.05) is 13.6 Å². The fourth-order valence-electron chi connectivity index (χ4n) is 2.11. The SMILES string of the molecule is Cn1ncc(Cl)c1S(=O)(=O)N1CCCC1C(N)=S. The summed E-state index contributed by atoms with van der Waals surface area (Å²) in [7, 11) is -2.18. The minimum atomic E-state index is -3.72. The van der Waals surface area contributed by atoms with Crippen LogP contribution in [0.25, 0.3) is 0 Å². The predicted molar refractivity (Wildman–Crippen MR) is 71.9 cm³/mol. The molecule has 1 aromatic heterocycles. The van der Waals surface area contributed by atoms with Gasteiger partial charge < -0.3 is 5.73 Å². The second-order valence-corrected chi connectivity index (χ2v) is 6.78. The van der Waals surface area contributed by atoms with Crippen LogP contribution in [-0.4, -0.2) is 40.1 Å². The van der Waals surface area contributed by atoms with Gasteiger partial charge in [0.2, 0.25) is 0 Å². The molecule has 1 unspecified atom stereocenters. The number of hydrogen-bond donors (Lipinski definition) is 1. The maximum Gasteiger partial charge on any atom is 0.262 e. The molecule has 2 heterocycles. The molecule has 1 aliphatic heterocycles. The lowest BCUT2D eigenvalue weighted by atomic mass is 10.2. The summed E-state index contributed by atoms with van der Waals surface area (Å²) < 4.78 is 27.6. The monoisotopic (exact) mass is 308 g/mol. The molecule has 18 heavy (non-hydrogen) atoms. The molecule has 1 atom stereocenters. The summed E-state index contributed by atoms with van der Waals surface area (Å²) in [6, 6.07) is -0.434. The van der Waals surface area contributed by atoms with Gasteiger partial charge in [-0.25, -0.2) is 8.42 Å². The molecule has 0 saturated carbocycles. The summed E-state index contributed by atoms with van der Waals surface area (Å²) in [6.07, 6.45) is 2.68. The molecule has 0 radical (unpaired) electrons. The number of sulfonamides is 1. The summed E-state index contributed by atoms with van der Waals surface area (Å²) in [4.78, 5) is 0.189. The van der Waals surface area contributed by atoms with Crippen molar-refractivity contribution in [2.75, 3.05) is 6.54 Å². The highest BCUT2D eigenvalue weighted by atomic mass is 35.5. The highest BCUT2D eigenvalue weighted by Gasteiger charge is 2.39. The van der Waals surface area contributed by atoms with Gasteiger partial charge in [-0.15, -0.1) is 0 Å². The molecule has 0 spiro atoms. The smallest absolute Gasteiger partial charge is 0.262 e. The van der Waals surface area contributed by atoms with Crippen molar-refractivity contribution in [2.45, 2.75) is 23.9 Å². The second kappa shape index (κ2) is 4.76. The molecule has 2 rings (SSSR count). The van der Waals surface area contributed by atoms with Crippen LogP contribution in [0.15, 0.2) is 11.2 Å². The molecule has 0 bridgehead atoms. The minimum absolute atomic E-state index is 0.0210. The van der Waals surface area contributed by atoms with Gasteiger partial charge in [0.25, 0.3) is 10.0 Å². The Kier molecular flexibility index (Phi) is 3.63. The summed E-state index contributed by atoms with van der Waals surface area (Å²) in [5.41, 5.74) is 5.58. The fourth-order valence-corrected chi connectivity index (χ4v) is 4.71. The normalized spacial score (nSPS) is 21.3. The first-order valence-electron chi connectivity index (χ1n) is 5.34. The highest BCUT2D eigenvalue weighted by molar-refractivity contribution is 7.89. The number of nitrogens with two attached hydrogens (primary N) is 1. The zero-order chi connectivity index (χ0) is 13.5. The molecular formula is C9H13ClN4O2S2.